The van der Waals surface area contributed by atoms with Crippen molar-refractivity contribution in [1.29, 1.82) is 5.41 Å². The van der Waals surface area contributed by atoms with Crippen LogP contribution < -0.4 is 5.73 Å². The fourth-order valence-corrected chi connectivity index (χ4v) is 2.77. The van der Waals surface area contributed by atoms with Gasteiger partial charge in [0.1, 0.15) is 28.5 Å². The predicted octanol–water partition coefficient (Wildman–Crippen LogP) is 2.07. The molecule has 0 saturated carbocycles. The van der Waals surface area contributed by atoms with Gasteiger partial charge in [0.25, 0.3) is 0 Å². The Kier molecular flexibility index (Phi) is 3.53. The summed E-state index contributed by atoms with van der Waals surface area (Å²) < 4.78 is 13.9. The molecule has 0 bridgehead atoms. The molecule has 3 aromatic rings. The minimum atomic E-state index is -0.384. The van der Waals surface area contributed by atoms with Crippen molar-refractivity contribution in [3.63, 3.8) is 0 Å². The van der Waals surface area contributed by atoms with E-state index in [0.29, 0.717) is 27.6 Å². The van der Waals surface area contributed by atoms with Crippen molar-refractivity contribution in [3.8, 4) is 0 Å². The first-order chi connectivity index (χ1) is 10.1. The van der Waals surface area contributed by atoms with E-state index >= 15 is 0 Å². The smallest absolute Gasteiger partial charge is 0.181 e. The van der Waals surface area contributed by atoms with Gasteiger partial charge in [-0.25, -0.2) is 19.3 Å². The monoisotopic (exact) mass is 302 g/mol. The van der Waals surface area contributed by atoms with Crippen LogP contribution in [0.15, 0.2) is 35.9 Å². The Hall–Kier alpha value is -2.48. The number of hydrogen-bond donors (Lipinski definition) is 3. The minimum Gasteiger partial charge on any atom is -0.384 e. The zero-order valence-electron chi connectivity index (χ0n) is 10.8. The Balaban J connectivity index is 1.82. The van der Waals surface area contributed by atoms with Gasteiger partial charge in [-0.2, -0.15) is 0 Å². The van der Waals surface area contributed by atoms with Gasteiger partial charge in [0.05, 0.1) is 6.33 Å². The van der Waals surface area contributed by atoms with E-state index in [1.165, 1.54) is 24.2 Å². The molecule has 0 saturated heterocycles. The summed E-state index contributed by atoms with van der Waals surface area (Å²) in [6.07, 6.45) is 2.98. The standard InChI is InChI=1S/C13H11FN6S/c14-9-3-7(11(15)16)1-2-8(9)4-21-13-10-12(18-5-17-10)19-6-20-13/h1-3,5-6H,4H2,(H3,15,16)(H,17,18,19,20). The maximum absolute atomic E-state index is 13.9. The lowest BCUT2D eigenvalue weighted by Gasteiger charge is -2.05. The molecule has 4 N–H and O–H groups in total. The van der Waals surface area contributed by atoms with E-state index in [4.69, 9.17) is 11.1 Å². The molecule has 2 heterocycles. The van der Waals surface area contributed by atoms with Crippen LogP contribution in [0.2, 0.25) is 0 Å². The number of nitrogens with zero attached hydrogens (tertiary/aromatic N) is 3. The lowest BCUT2D eigenvalue weighted by Crippen LogP contribution is -2.11. The number of halogens is 1. The third-order valence-corrected chi connectivity index (χ3v) is 3.95. The highest BCUT2D eigenvalue weighted by molar-refractivity contribution is 7.98. The van der Waals surface area contributed by atoms with Gasteiger partial charge < -0.3 is 10.7 Å². The Morgan fingerprint density at radius 1 is 1.33 bits per heavy atom. The number of nitrogen functional groups attached to an aromatic ring is 1. The molecule has 0 atom stereocenters. The quantitative estimate of drug-likeness (QED) is 0.296. The molecular weight excluding hydrogens is 291 g/mol. The summed E-state index contributed by atoms with van der Waals surface area (Å²) in [5.74, 6) is -0.122. The summed E-state index contributed by atoms with van der Waals surface area (Å²) in [7, 11) is 0. The van der Waals surface area contributed by atoms with Crippen molar-refractivity contribution in [2.75, 3.05) is 0 Å². The van der Waals surface area contributed by atoms with E-state index in [1.807, 2.05) is 0 Å². The van der Waals surface area contributed by atoms with E-state index < -0.39 is 0 Å². The highest BCUT2D eigenvalue weighted by atomic mass is 32.2. The molecule has 6 nitrogen and oxygen atoms in total. The van der Waals surface area contributed by atoms with Gasteiger partial charge >= 0.3 is 0 Å². The molecule has 0 aliphatic heterocycles. The highest BCUT2D eigenvalue weighted by Crippen LogP contribution is 2.26. The number of imidazole rings is 1. The number of fused-ring (bicyclic) bond motifs is 1. The number of amidine groups is 1. The van der Waals surface area contributed by atoms with Gasteiger partial charge in [-0.05, 0) is 11.6 Å². The van der Waals surface area contributed by atoms with Crippen molar-refractivity contribution in [1.82, 2.24) is 19.9 Å². The van der Waals surface area contributed by atoms with Gasteiger partial charge in [-0.1, -0.05) is 23.9 Å². The Morgan fingerprint density at radius 2 is 2.19 bits per heavy atom. The third-order valence-electron chi connectivity index (χ3n) is 2.92. The van der Waals surface area contributed by atoms with Crippen LogP contribution in [-0.4, -0.2) is 25.8 Å². The lowest BCUT2D eigenvalue weighted by atomic mass is 10.1. The number of nitrogens with one attached hydrogen (secondary N) is 2. The Labute approximate surface area is 123 Å². The molecule has 1 aromatic carbocycles. The van der Waals surface area contributed by atoms with E-state index in [-0.39, 0.29) is 11.7 Å². The van der Waals surface area contributed by atoms with Crippen LogP contribution in [0.3, 0.4) is 0 Å². The van der Waals surface area contributed by atoms with Gasteiger partial charge in [0, 0.05) is 11.3 Å². The second-order valence-corrected chi connectivity index (χ2v) is 5.25. The summed E-state index contributed by atoms with van der Waals surface area (Å²) in [5.41, 5.74) is 7.55. The fraction of sp³-hybridized carbons (Fsp3) is 0.0769. The first-order valence-electron chi connectivity index (χ1n) is 6.05. The topological polar surface area (TPSA) is 104 Å². The molecule has 0 radical (unpaired) electrons. The van der Waals surface area contributed by atoms with Crippen LogP contribution in [-0.2, 0) is 5.75 Å². The fourth-order valence-electron chi connectivity index (χ4n) is 1.83. The van der Waals surface area contributed by atoms with Crippen LogP contribution in [0.25, 0.3) is 11.2 Å². The Bertz CT molecular complexity index is 815. The van der Waals surface area contributed by atoms with E-state index in [9.17, 15) is 4.39 Å². The van der Waals surface area contributed by atoms with Crippen molar-refractivity contribution in [2.24, 2.45) is 5.73 Å². The first-order valence-corrected chi connectivity index (χ1v) is 7.03. The SMILES string of the molecule is N=C(N)c1ccc(CSc2ncnc3nc[nH]c23)c(F)c1. The molecular formula is C13H11FN6S. The molecule has 0 amide bonds. The van der Waals surface area contributed by atoms with E-state index in [2.05, 4.69) is 19.9 Å². The first kappa shape index (κ1) is 13.5. The molecule has 0 fully saturated rings. The second-order valence-electron chi connectivity index (χ2n) is 4.29. The number of rotatable bonds is 4. The van der Waals surface area contributed by atoms with E-state index in [0.717, 1.165) is 5.52 Å². The largest absolute Gasteiger partial charge is 0.384 e. The van der Waals surface area contributed by atoms with Crippen molar-refractivity contribution >= 4 is 28.8 Å². The van der Waals surface area contributed by atoms with Crippen LogP contribution in [0, 0.1) is 11.2 Å². The van der Waals surface area contributed by atoms with Gasteiger partial charge in [0.15, 0.2) is 5.65 Å². The number of aromatic amines is 1. The number of nitrogens with two attached hydrogens (primary N) is 1. The average molecular weight is 302 g/mol. The maximum Gasteiger partial charge on any atom is 0.181 e. The number of H-pyrrole nitrogens is 1. The van der Waals surface area contributed by atoms with Gasteiger partial charge in [-0.3, -0.25) is 5.41 Å². The second kappa shape index (κ2) is 5.49. The Morgan fingerprint density at radius 3 is 2.95 bits per heavy atom. The van der Waals surface area contributed by atoms with Crippen LogP contribution >= 0.6 is 11.8 Å². The summed E-state index contributed by atoms with van der Waals surface area (Å²) in [5, 5.41) is 8.00. The van der Waals surface area contributed by atoms with Gasteiger partial charge in [0.2, 0.25) is 0 Å². The molecule has 0 unspecified atom stereocenters. The number of thioether (sulfide) groups is 1. The van der Waals surface area contributed by atoms with E-state index in [1.54, 1.807) is 18.5 Å². The van der Waals surface area contributed by atoms with Crippen LogP contribution in [0.1, 0.15) is 11.1 Å². The van der Waals surface area contributed by atoms with Crippen molar-refractivity contribution in [3.05, 3.63) is 47.8 Å². The van der Waals surface area contributed by atoms with Crippen LogP contribution in [0.4, 0.5) is 4.39 Å². The maximum atomic E-state index is 13.9. The lowest BCUT2D eigenvalue weighted by molar-refractivity contribution is 0.617. The number of aromatic nitrogens is 4. The normalized spacial score (nSPS) is 10.9. The molecule has 106 valence electrons. The van der Waals surface area contributed by atoms with Crippen molar-refractivity contribution < 1.29 is 4.39 Å². The average Bonchev–Trinajstić information content (AvgIpc) is 2.94. The zero-order chi connectivity index (χ0) is 14.8. The molecule has 8 heteroatoms. The molecule has 0 aliphatic rings. The van der Waals surface area contributed by atoms with Crippen molar-refractivity contribution in [2.45, 2.75) is 10.8 Å². The number of hydrogen-bond acceptors (Lipinski definition) is 5. The highest BCUT2D eigenvalue weighted by Gasteiger charge is 2.10. The number of benzene rings is 1. The third kappa shape index (κ3) is 2.70. The van der Waals surface area contributed by atoms with Gasteiger partial charge in [-0.15, -0.1) is 0 Å². The summed E-state index contributed by atoms with van der Waals surface area (Å²) in [6, 6.07) is 4.53. The summed E-state index contributed by atoms with van der Waals surface area (Å²) in [6.45, 7) is 0. The minimum absolute atomic E-state index is 0.150. The summed E-state index contributed by atoms with van der Waals surface area (Å²) in [4.78, 5) is 15.2. The molecule has 0 spiro atoms. The van der Waals surface area contributed by atoms with Crippen LogP contribution in [0.5, 0.6) is 0 Å². The summed E-state index contributed by atoms with van der Waals surface area (Å²) >= 11 is 1.39. The predicted molar refractivity (Wildman–Crippen MR) is 78.7 cm³/mol. The molecule has 21 heavy (non-hydrogen) atoms. The zero-order valence-corrected chi connectivity index (χ0v) is 11.6. The molecule has 2 aromatic heterocycles. The molecule has 0 aliphatic carbocycles. The molecule has 3 rings (SSSR count).